The van der Waals surface area contributed by atoms with E-state index in [4.69, 9.17) is 33.2 Å². The van der Waals surface area contributed by atoms with Crippen molar-refractivity contribution < 1.29 is 38.0 Å². The lowest BCUT2D eigenvalue weighted by Gasteiger charge is -2.09. The van der Waals surface area contributed by atoms with Gasteiger partial charge in [-0.15, -0.1) is 0 Å². The van der Waals surface area contributed by atoms with E-state index in [2.05, 4.69) is 5.32 Å². The van der Waals surface area contributed by atoms with Crippen molar-refractivity contribution in [2.24, 2.45) is 0 Å². The van der Waals surface area contributed by atoms with Crippen LogP contribution in [0.25, 0.3) is 0 Å². The van der Waals surface area contributed by atoms with Gasteiger partial charge >= 0.3 is 6.09 Å². The molecule has 0 aliphatic rings. The maximum atomic E-state index is 11.6. The monoisotopic (exact) mass is 505 g/mol. The summed E-state index contributed by atoms with van der Waals surface area (Å²) in [6, 6.07) is 19.6. The van der Waals surface area contributed by atoms with Crippen LogP contribution in [-0.4, -0.2) is 85.3 Å². The number of amides is 1. The summed E-state index contributed by atoms with van der Waals surface area (Å²) in [7, 11) is 0. The van der Waals surface area contributed by atoms with Crippen molar-refractivity contribution in [3.8, 4) is 0 Å². The molecule has 0 saturated heterocycles. The Morgan fingerprint density at radius 2 is 0.889 bits per heavy atom. The standard InChI is InChI=1S/C27H39NO8/c29-27(36-24-26-9-5-2-6-10-26)28-11-12-30-13-14-31-15-16-32-17-18-33-19-20-34-21-22-35-23-25-7-3-1-4-8-25/h1-10H,11-24H2,(H,28,29). The maximum absolute atomic E-state index is 11.6. The van der Waals surface area contributed by atoms with Gasteiger partial charge in [-0.25, -0.2) is 4.79 Å². The molecule has 2 rings (SSSR count). The highest BCUT2D eigenvalue weighted by Gasteiger charge is 2.01. The lowest BCUT2D eigenvalue weighted by Crippen LogP contribution is -2.28. The molecular formula is C27H39NO8. The number of nitrogens with one attached hydrogen (secondary N) is 1. The molecule has 0 atom stereocenters. The molecular weight excluding hydrogens is 466 g/mol. The van der Waals surface area contributed by atoms with Gasteiger partial charge < -0.3 is 38.5 Å². The van der Waals surface area contributed by atoms with Crippen LogP contribution in [-0.2, 0) is 46.4 Å². The average Bonchev–Trinajstić information content (AvgIpc) is 2.92. The van der Waals surface area contributed by atoms with Gasteiger partial charge in [0.05, 0.1) is 79.3 Å². The Hall–Kier alpha value is -2.53. The zero-order valence-corrected chi connectivity index (χ0v) is 20.9. The summed E-state index contributed by atoms with van der Waals surface area (Å²) in [6.07, 6.45) is -0.462. The maximum Gasteiger partial charge on any atom is 0.407 e. The van der Waals surface area contributed by atoms with Crippen LogP contribution >= 0.6 is 0 Å². The Morgan fingerprint density at radius 3 is 1.36 bits per heavy atom. The fraction of sp³-hybridized carbons (Fsp3) is 0.519. The fourth-order valence-electron chi connectivity index (χ4n) is 2.86. The molecule has 2 aromatic rings. The highest BCUT2D eigenvalue weighted by atomic mass is 16.6. The van der Waals surface area contributed by atoms with E-state index in [9.17, 15) is 4.79 Å². The summed E-state index contributed by atoms with van der Waals surface area (Å²) >= 11 is 0. The molecule has 0 aromatic heterocycles. The van der Waals surface area contributed by atoms with Crippen molar-refractivity contribution in [3.05, 3.63) is 71.8 Å². The smallest absolute Gasteiger partial charge is 0.407 e. The Balaban J connectivity index is 1.21. The number of hydrogen-bond acceptors (Lipinski definition) is 8. The number of rotatable bonds is 22. The second-order valence-electron chi connectivity index (χ2n) is 7.59. The van der Waals surface area contributed by atoms with Crippen LogP contribution in [0.15, 0.2) is 60.7 Å². The minimum atomic E-state index is -0.462. The topological polar surface area (TPSA) is 93.7 Å². The van der Waals surface area contributed by atoms with E-state index in [-0.39, 0.29) is 6.61 Å². The van der Waals surface area contributed by atoms with E-state index in [0.29, 0.717) is 85.8 Å². The Kier molecular flexibility index (Phi) is 17.9. The number of carbonyl (C=O) groups is 1. The van der Waals surface area contributed by atoms with E-state index < -0.39 is 6.09 Å². The normalized spacial score (nSPS) is 10.9. The lowest BCUT2D eigenvalue weighted by atomic mass is 10.2. The van der Waals surface area contributed by atoms with Gasteiger partial charge in [0.25, 0.3) is 0 Å². The molecule has 0 unspecified atom stereocenters. The molecule has 0 aliphatic carbocycles. The van der Waals surface area contributed by atoms with E-state index in [0.717, 1.165) is 11.1 Å². The zero-order chi connectivity index (χ0) is 25.4. The first-order chi connectivity index (χ1) is 17.8. The predicted molar refractivity (Wildman–Crippen MR) is 135 cm³/mol. The van der Waals surface area contributed by atoms with Crippen molar-refractivity contribution in [2.45, 2.75) is 13.2 Å². The largest absolute Gasteiger partial charge is 0.445 e. The lowest BCUT2D eigenvalue weighted by molar-refractivity contribution is -0.0175. The van der Waals surface area contributed by atoms with Crippen LogP contribution in [0, 0.1) is 0 Å². The minimum Gasteiger partial charge on any atom is -0.445 e. The predicted octanol–water partition coefficient (Wildman–Crippen LogP) is 3.21. The van der Waals surface area contributed by atoms with Gasteiger partial charge in [0, 0.05) is 6.54 Å². The van der Waals surface area contributed by atoms with Gasteiger partial charge in [0.15, 0.2) is 0 Å². The number of alkyl carbamates (subject to hydrolysis) is 1. The van der Waals surface area contributed by atoms with Gasteiger partial charge in [-0.2, -0.15) is 0 Å². The van der Waals surface area contributed by atoms with E-state index in [1.165, 1.54) is 0 Å². The summed E-state index contributed by atoms with van der Waals surface area (Å²) < 4.78 is 37.9. The fourth-order valence-corrected chi connectivity index (χ4v) is 2.86. The van der Waals surface area contributed by atoms with Crippen LogP contribution in [0.1, 0.15) is 11.1 Å². The molecule has 2 aromatic carbocycles. The molecule has 200 valence electrons. The molecule has 9 heteroatoms. The molecule has 36 heavy (non-hydrogen) atoms. The van der Waals surface area contributed by atoms with Crippen molar-refractivity contribution >= 4 is 6.09 Å². The SMILES string of the molecule is O=C(NCCOCCOCCOCCOCCOCCOCc1ccccc1)OCc1ccccc1. The third kappa shape index (κ3) is 17.0. The summed E-state index contributed by atoms with van der Waals surface area (Å²) in [4.78, 5) is 11.6. The second kappa shape index (κ2) is 21.7. The van der Waals surface area contributed by atoms with E-state index in [1.54, 1.807) is 0 Å². The summed E-state index contributed by atoms with van der Waals surface area (Å²) in [5.74, 6) is 0. The number of hydrogen-bond donors (Lipinski definition) is 1. The summed E-state index contributed by atoms with van der Waals surface area (Å²) in [6.45, 7) is 6.68. The molecule has 0 fully saturated rings. The molecule has 0 saturated carbocycles. The van der Waals surface area contributed by atoms with E-state index in [1.807, 2.05) is 60.7 Å². The number of benzene rings is 2. The molecule has 9 nitrogen and oxygen atoms in total. The third-order valence-electron chi connectivity index (χ3n) is 4.70. The first-order valence-electron chi connectivity index (χ1n) is 12.3. The van der Waals surface area contributed by atoms with Crippen molar-refractivity contribution in [1.29, 1.82) is 0 Å². The van der Waals surface area contributed by atoms with Gasteiger partial charge in [-0.3, -0.25) is 0 Å². The molecule has 1 amide bonds. The van der Waals surface area contributed by atoms with Crippen LogP contribution in [0.3, 0.4) is 0 Å². The van der Waals surface area contributed by atoms with Crippen LogP contribution in [0.2, 0.25) is 0 Å². The Morgan fingerprint density at radius 1 is 0.500 bits per heavy atom. The molecule has 0 aliphatic heterocycles. The third-order valence-corrected chi connectivity index (χ3v) is 4.70. The average molecular weight is 506 g/mol. The summed E-state index contributed by atoms with van der Waals surface area (Å²) in [5.41, 5.74) is 2.10. The first-order valence-corrected chi connectivity index (χ1v) is 12.3. The zero-order valence-electron chi connectivity index (χ0n) is 20.9. The van der Waals surface area contributed by atoms with Crippen molar-refractivity contribution in [3.63, 3.8) is 0 Å². The number of ether oxygens (including phenoxy) is 7. The van der Waals surface area contributed by atoms with Crippen LogP contribution in [0.4, 0.5) is 4.79 Å². The Bertz CT molecular complexity index is 763. The van der Waals surface area contributed by atoms with Crippen LogP contribution < -0.4 is 5.32 Å². The van der Waals surface area contributed by atoms with Crippen LogP contribution in [0.5, 0.6) is 0 Å². The minimum absolute atomic E-state index is 0.246. The molecule has 1 N–H and O–H groups in total. The van der Waals surface area contributed by atoms with Crippen molar-refractivity contribution in [2.75, 3.05) is 79.2 Å². The highest BCUT2D eigenvalue weighted by molar-refractivity contribution is 5.67. The summed E-state index contributed by atoms with van der Waals surface area (Å²) in [5, 5.41) is 2.64. The van der Waals surface area contributed by atoms with Gasteiger partial charge in [0.1, 0.15) is 6.61 Å². The molecule has 0 heterocycles. The van der Waals surface area contributed by atoms with Gasteiger partial charge in [-0.05, 0) is 11.1 Å². The first kappa shape index (κ1) is 29.7. The highest BCUT2D eigenvalue weighted by Crippen LogP contribution is 2.01. The number of carbonyl (C=O) groups excluding carboxylic acids is 1. The van der Waals surface area contributed by atoms with Gasteiger partial charge in [-0.1, -0.05) is 60.7 Å². The van der Waals surface area contributed by atoms with Gasteiger partial charge in [0.2, 0.25) is 0 Å². The second-order valence-corrected chi connectivity index (χ2v) is 7.59. The molecule has 0 bridgehead atoms. The van der Waals surface area contributed by atoms with E-state index >= 15 is 0 Å². The molecule has 0 radical (unpaired) electrons. The molecule has 0 spiro atoms. The van der Waals surface area contributed by atoms with Crippen molar-refractivity contribution in [1.82, 2.24) is 5.32 Å². The Labute approximate surface area is 213 Å². The quantitative estimate of drug-likeness (QED) is 0.244.